The van der Waals surface area contributed by atoms with Crippen molar-refractivity contribution in [3.63, 3.8) is 0 Å². The maximum absolute atomic E-state index is 10.3. The van der Waals surface area contributed by atoms with Gasteiger partial charge in [-0.1, -0.05) is 0 Å². The molecule has 0 unspecified atom stereocenters. The standard InChI is InChI=1S/C6H7IN4O/c7-4-2-1-3-9-5(4)10-11-6(8)12/h1-3H,(H,9,10)(H3,8,11,12). The molecule has 12 heavy (non-hydrogen) atoms. The van der Waals surface area contributed by atoms with E-state index >= 15 is 0 Å². The fourth-order valence-corrected chi connectivity index (χ4v) is 1.08. The minimum Gasteiger partial charge on any atom is -0.350 e. The summed E-state index contributed by atoms with van der Waals surface area (Å²) >= 11 is 2.09. The lowest BCUT2D eigenvalue weighted by Gasteiger charge is -2.05. The van der Waals surface area contributed by atoms with Crippen molar-refractivity contribution in [3.05, 3.63) is 21.9 Å². The number of hydrogen-bond acceptors (Lipinski definition) is 3. The minimum absolute atomic E-state index is 0.580. The van der Waals surface area contributed by atoms with Crippen molar-refractivity contribution in [3.8, 4) is 0 Å². The molecule has 0 radical (unpaired) electrons. The third-order valence-electron chi connectivity index (χ3n) is 1.06. The number of nitrogens with two attached hydrogens (primary N) is 1. The van der Waals surface area contributed by atoms with Gasteiger partial charge < -0.3 is 5.73 Å². The Morgan fingerprint density at radius 1 is 1.67 bits per heavy atom. The van der Waals surface area contributed by atoms with Crippen molar-refractivity contribution in [1.82, 2.24) is 10.4 Å². The van der Waals surface area contributed by atoms with Gasteiger partial charge >= 0.3 is 6.03 Å². The molecule has 0 bridgehead atoms. The zero-order valence-electron chi connectivity index (χ0n) is 6.04. The highest BCUT2D eigenvalue weighted by Gasteiger charge is 1.98. The highest BCUT2D eigenvalue weighted by molar-refractivity contribution is 14.1. The molecule has 0 aromatic carbocycles. The van der Waals surface area contributed by atoms with Gasteiger partial charge in [-0.2, -0.15) is 0 Å². The monoisotopic (exact) mass is 278 g/mol. The molecule has 1 aromatic rings. The highest BCUT2D eigenvalue weighted by Crippen LogP contribution is 2.11. The van der Waals surface area contributed by atoms with E-state index < -0.39 is 6.03 Å². The number of anilines is 1. The van der Waals surface area contributed by atoms with Gasteiger partial charge in [-0.05, 0) is 34.7 Å². The van der Waals surface area contributed by atoms with Crippen LogP contribution in [0.15, 0.2) is 18.3 Å². The number of urea groups is 1. The van der Waals surface area contributed by atoms with Gasteiger partial charge in [0.1, 0.15) is 0 Å². The van der Waals surface area contributed by atoms with Crippen LogP contribution in [0.25, 0.3) is 0 Å². The van der Waals surface area contributed by atoms with Crippen molar-refractivity contribution >= 4 is 34.4 Å². The molecule has 1 heterocycles. The van der Waals surface area contributed by atoms with Crippen LogP contribution in [-0.4, -0.2) is 11.0 Å². The van der Waals surface area contributed by atoms with Crippen LogP contribution >= 0.6 is 22.6 Å². The number of halogens is 1. The molecular weight excluding hydrogens is 271 g/mol. The van der Waals surface area contributed by atoms with Gasteiger partial charge in [-0.3, -0.25) is 10.9 Å². The lowest BCUT2D eigenvalue weighted by Crippen LogP contribution is -2.34. The molecule has 1 rings (SSSR count). The minimum atomic E-state index is -0.642. The van der Waals surface area contributed by atoms with E-state index in [1.807, 2.05) is 6.07 Å². The van der Waals surface area contributed by atoms with E-state index in [-0.39, 0.29) is 0 Å². The van der Waals surface area contributed by atoms with E-state index in [9.17, 15) is 4.79 Å². The van der Waals surface area contributed by atoms with Crippen LogP contribution in [0, 0.1) is 3.57 Å². The lowest BCUT2D eigenvalue weighted by molar-refractivity contribution is 0.250. The number of rotatable bonds is 2. The van der Waals surface area contributed by atoms with E-state index in [4.69, 9.17) is 5.73 Å². The maximum atomic E-state index is 10.3. The van der Waals surface area contributed by atoms with Crippen molar-refractivity contribution in [2.24, 2.45) is 5.73 Å². The van der Waals surface area contributed by atoms with Gasteiger partial charge in [-0.25, -0.2) is 9.78 Å². The molecule has 6 heteroatoms. The first kappa shape index (κ1) is 9.04. The number of nitrogens with zero attached hydrogens (tertiary/aromatic N) is 1. The smallest absolute Gasteiger partial charge is 0.330 e. The summed E-state index contributed by atoms with van der Waals surface area (Å²) in [5, 5.41) is 0. The maximum Gasteiger partial charge on any atom is 0.330 e. The second-order valence-electron chi connectivity index (χ2n) is 1.95. The van der Waals surface area contributed by atoms with E-state index in [2.05, 4.69) is 38.4 Å². The van der Waals surface area contributed by atoms with Gasteiger partial charge in [0.05, 0.1) is 3.57 Å². The molecule has 0 aliphatic carbocycles. The molecule has 0 fully saturated rings. The Kier molecular flexibility index (Phi) is 3.09. The second-order valence-corrected chi connectivity index (χ2v) is 3.11. The van der Waals surface area contributed by atoms with E-state index in [1.165, 1.54) is 0 Å². The van der Waals surface area contributed by atoms with Crippen molar-refractivity contribution in [2.75, 3.05) is 5.43 Å². The first-order valence-corrected chi connectivity index (χ1v) is 4.20. The van der Waals surface area contributed by atoms with Crippen molar-refractivity contribution in [1.29, 1.82) is 0 Å². The number of pyridine rings is 1. The Morgan fingerprint density at radius 3 is 3.00 bits per heavy atom. The first-order chi connectivity index (χ1) is 5.70. The van der Waals surface area contributed by atoms with E-state index in [1.54, 1.807) is 12.3 Å². The summed E-state index contributed by atoms with van der Waals surface area (Å²) in [7, 11) is 0. The second kappa shape index (κ2) is 4.10. The Bertz CT molecular complexity index is 291. The first-order valence-electron chi connectivity index (χ1n) is 3.12. The molecule has 4 N–H and O–H groups in total. The summed E-state index contributed by atoms with van der Waals surface area (Å²) in [4.78, 5) is 14.3. The predicted molar refractivity (Wildman–Crippen MR) is 53.3 cm³/mol. The zero-order valence-corrected chi connectivity index (χ0v) is 8.20. The Labute approximate surface area is 82.8 Å². The molecule has 5 nitrogen and oxygen atoms in total. The molecule has 64 valence electrons. The summed E-state index contributed by atoms with van der Waals surface area (Å²) in [6.07, 6.45) is 1.62. The number of nitrogens with one attached hydrogen (secondary N) is 2. The third kappa shape index (κ3) is 2.53. The van der Waals surface area contributed by atoms with Gasteiger partial charge in [0.2, 0.25) is 0 Å². The van der Waals surface area contributed by atoms with E-state index in [0.29, 0.717) is 5.82 Å². The third-order valence-corrected chi connectivity index (χ3v) is 1.93. The summed E-state index contributed by atoms with van der Waals surface area (Å²) < 4.78 is 0.906. The van der Waals surface area contributed by atoms with Gasteiger partial charge in [0.25, 0.3) is 0 Å². The fraction of sp³-hybridized carbons (Fsp3) is 0. The molecular formula is C6H7IN4O. The number of primary amides is 1. The summed E-state index contributed by atoms with van der Waals surface area (Å²) in [6.45, 7) is 0. The molecule has 0 spiro atoms. The van der Waals surface area contributed by atoms with Gasteiger partial charge in [-0.15, -0.1) is 0 Å². The molecule has 1 aromatic heterocycles. The molecule has 0 aliphatic heterocycles. The quantitative estimate of drug-likeness (QED) is 0.549. The number of carbonyl (C=O) groups excluding carboxylic acids is 1. The largest absolute Gasteiger partial charge is 0.350 e. The summed E-state index contributed by atoms with van der Waals surface area (Å²) in [5.41, 5.74) is 9.64. The zero-order chi connectivity index (χ0) is 8.97. The number of amides is 2. The fourth-order valence-electron chi connectivity index (χ4n) is 0.598. The van der Waals surface area contributed by atoms with Crippen LogP contribution in [0.2, 0.25) is 0 Å². The summed E-state index contributed by atoms with van der Waals surface area (Å²) in [5.74, 6) is 0.580. The Hall–Kier alpha value is -1.05. The lowest BCUT2D eigenvalue weighted by atomic mass is 10.5. The number of aromatic nitrogens is 1. The van der Waals surface area contributed by atoms with Crippen LogP contribution in [0.4, 0.5) is 10.6 Å². The van der Waals surface area contributed by atoms with Crippen LogP contribution in [0.5, 0.6) is 0 Å². The average Bonchev–Trinajstić information content (AvgIpc) is 2.03. The van der Waals surface area contributed by atoms with Gasteiger partial charge in [0.15, 0.2) is 5.82 Å². The van der Waals surface area contributed by atoms with Crippen molar-refractivity contribution < 1.29 is 4.79 Å². The van der Waals surface area contributed by atoms with Crippen LogP contribution < -0.4 is 16.6 Å². The van der Waals surface area contributed by atoms with Crippen LogP contribution in [0.3, 0.4) is 0 Å². The van der Waals surface area contributed by atoms with Crippen LogP contribution in [-0.2, 0) is 0 Å². The Balaban J connectivity index is 2.63. The molecule has 0 aliphatic rings. The highest BCUT2D eigenvalue weighted by atomic mass is 127. The van der Waals surface area contributed by atoms with Crippen LogP contribution in [0.1, 0.15) is 0 Å². The van der Waals surface area contributed by atoms with E-state index in [0.717, 1.165) is 3.57 Å². The van der Waals surface area contributed by atoms with Crippen molar-refractivity contribution in [2.45, 2.75) is 0 Å². The number of hydrogen-bond donors (Lipinski definition) is 3. The number of hydrazine groups is 1. The summed E-state index contributed by atoms with van der Waals surface area (Å²) in [6, 6.07) is 3.02. The molecule has 0 atom stereocenters. The van der Waals surface area contributed by atoms with Gasteiger partial charge in [0, 0.05) is 6.20 Å². The normalized spacial score (nSPS) is 9.08. The molecule has 0 saturated carbocycles. The predicted octanol–water partition coefficient (Wildman–Crippen LogP) is 0.681. The SMILES string of the molecule is NC(=O)NNc1ncccc1I. The molecule has 0 saturated heterocycles. The molecule has 2 amide bonds. The average molecular weight is 278 g/mol. The Morgan fingerprint density at radius 2 is 2.42 bits per heavy atom. The number of carbonyl (C=O) groups is 1. The topological polar surface area (TPSA) is 80.0 Å².